The molecule has 9 heteroatoms. The maximum atomic E-state index is 13.5. The highest BCUT2D eigenvalue weighted by atomic mass is 32.1. The summed E-state index contributed by atoms with van der Waals surface area (Å²) in [7, 11) is 0. The van der Waals surface area contributed by atoms with E-state index in [4.69, 9.17) is 4.74 Å². The quantitative estimate of drug-likeness (QED) is 0.157. The molecule has 1 aromatic heterocycles. The molecule has 0 unspecified atom stereocenters. The Balaban J connectivity index is 1.16. The third-order valence-corrected chi connectivity index (χ3v) is 8.62. The molecule has 1 aliphatic heterocycles. The molecule has 0 aliphatic carbocycles. The zero-order chi connectivity index (χ0) is 31.2. The van der Waals surface area contributed by atoms with E-state index < -0.39 is 11.7 Å². The summed E-state index contributed by atoms with van der Waals surface area (Å²) in [5.41, 5.74) is 4.73. The first kappa shape index (κ1) is 30.6. The normalized spacial score (nSPS) is 13.1. The summed E-state index contributed by atoms with van der Waals surface area (Å²) in [5, 5.41) is 2.50. The molecule has 0 N–H and O–H groups in total. The number of aromatic nitrogens is 1. The molecule has 5 nitrogen and oxygen atoms in total. The molecule has 0 saturated carbocycles. The Labute approximate surface area is 264 Å². The van der Waals surface area contributed by atoms with Crippen molar-refractivity contribution in [1.29, 1.82) is 0 Å². The second-order valence-electron chi connectivity index (χ2n) is 11.1. The van der Waals surface area contributed by atoms with Crippen molar-refractivity contribution in [2.45, 2.75) is 45.4 Å². The molecule has 0 radical (unpaired) electrons. The van der Waals surface area contributed by atoms with E-state index in [1.165, 1.54) is 29.0 Å². The van der Waals surface area contributed by atoms with E-state index in [9.17, 15) is 18.0 Å². The van der Waals surface area contributed by atoms with E-state index in [1.54, 1.807) is 11.4 Å². The van der Waals surface area contributed by atoms with Crippen LogP contribution in [-0.4, -0.2) is 27.2 Å². The summed E-state index contributed by atoms with van der Waals surface area (Å²) in [5.74, 6) is 0.623. The molecule has 0 spiro atoms. The number of hydrogen-bond acceptors (Lipinski definition) is 5. The molecule has 5 aromatic rings. The van der Waals surface area contributed by atoms with Gasteiger partial charge in [0.05, 0.1) is 12.1 Å². The Morgan fingerprint density at radius 1 is 0.822 bits per heavy atom. The molecule has 4 aromatic carbocycles. The lowest BCUT2D eigenvalue weighted by atomic mass is 10.00. The summed E-state index contributed by atoms with van der Waals surface area (Å²) < 4.78 is 46.3. The number of carbonyl (C=O) groups excluding carboxylic acids is 1. The van der Waals surface area contributed by atoms with Crippen LogP contribution in [0.4, 0.5) is 13.2 Å². The third-order valence-electron chi connectivity index (χ3n) is 7.79. The average Bonchev–Trinajstić information content (AvgIpc) is 3.52. The number of benzene rings is 4. The highest BCUT2D eigenvalue weighted by Crippen LogP contribution is 2.30. The van der Waals surface area contributed by atoms with Crippen molar-refractivity contribution in [2.24, 2.45) is 0 Å². The number of hydrogen-bond donors (Lipinski definition) is 0. The minimum Gasteiger partial charge on any atom is -0.489 e. The van der Waals surface area contributed by atoms with Gasteiger partial charge >= 0.3 is 6.18 Å². The van der Waals surface area contributed by atoms with Gasteiger partial charge in [0.1, 0.15) is 23.1 Å². The van der Waals surface area contributed by atoms with Gasteiger partial charge in [-0.3, -0.25) is 9.69 Å². The van der Waals surface area contributed by atoms with Crippen molar-refractivity contribution in [3.63, 3.8) is 0 Å². The van der Waals surface area contributed by atoms with Crippen LogP contribution in [0.15, 0.2) is 109 Å². The van der Waals surface area contributed by atoms with Gasteiger partial charge in [0.2, 0.25) is 0 Å². The number of thiazole rings is 1. The average molecular weight is 628 g/mol. The zero-order valence-corrected chi connectivity index (χ0v) is 25.4. The summed E-state index contributed by atoms with van der Waals surface area (Å²) in [4.78, 5) is 21.9. The number of amides is 1. The SMILES string of the molecule is O=C(c1csc(CN(Cc2ccc(OCc3ccccc3)cc2)Cc2cccc(C(F)(F)F)c2)n1)N1CCc2ccccc2C1. The van der Waals surface area contributed by atoms with Crippen molar-refractivity contribution in [1.82, 2.24) is 14.8 Å². The monoisotopic (exact) mass is 627 g/mol. The summed E-state index contributed by atoms with van der Waals surface area (Å²) in [6, 6.07) is 31.2. The fraction of sp³-hybridized carbons (Fsp3) is 0.222. The van der Waals surface area contributed by atoms with Crippen molar-refractivity contribution < 1.29 is 22.7 Å². The Morgan fingerprint density at radius 3 is 2.31 bits per heavy atom. The Morgan fingerprint density at radius 2 is 1.53 bits per heavy atom. The lowest BCUT2D eigenvalue weighted by Gasteiger charge is -2.28. The molecule has 0 atom stereocenters. The lowest BCUT2D eigenvalue weighted by molar-refractivity contribution is -0.137. The summed E-state index contributed by atoms with van der Waals surface area (Å²) in [6.45, 7) is 2.77. The first-order chi connectivity index (χ1) is 21.8. The van der Waals surface area contributed by atoms with Crippen LogP contribution >= 0.6 is 11.3 Å². The van der Waals surface area contributed by atoms with Crippen LogP contribution in [0.1, 0.15) is 48.9 Å². The van der Waals surface area contributed by atoms with Gasteiger partial charge < -0.3 is 9.64 Å². The van der Waals surface area contributed by atoms with Crippen molar-refractivity contribution in [3.8, 4) is 5.75 Å². The van der Waals surface area contributed by atoms with Crippen LogP contribution in [0, 0.1) is 0 Å². The second-order valence-corrected chi connectivity index (χ2v) is 12.1. The number of carbonyl (C=O) groups is 1. The topological polar surface area (TPSA) is 45.7 Å². The largest absolute Gasteiger partial charge is 0.489 e. The standard InChI is InChI=1S/C36H32F3N3O2S/c37-36(38,39)31-12-6-9-28(19-31)21-41(20-26-13-15-32(16-14-26)44-24-27-7-2-1-3-8-27)23-34-40-33(25-45-34)35(43)42-18-17-29-10-4-5-11-30(29)22-42/h1-16,19,25H,17-18,20-24H2. The second kappa shape index (κ2) is 13.7. The Bertz CT molecular complexity index is 1740. The zero-order valence-electron chi connectivity index (χ0n) is 24.5. The molecule has 0 fully saturated rings. The van der Waals surface area contributed by atoms with Gasteiger partial charge in [0, 0.05) is 31.6 Å². The molecule has 0 bridgehead atoms. The van der Waals surface area contributed by atoms with E-state index in [1.807, 2.05) is 76.5 Å². The minimum absolute atomic E-state index is 0.109. The van der Waals surface area contributed by atoms with E-state index >= 15 is 0 Å². The smallest absolute Gasteiger partial charge is 0.416 e. The maximum absolute atomic E-state index is 13.5. The molecular formula is C36H32F3N3O2S. The third kappa shape index (κ3) is 7.98. The number of ether oxygens (including phenoxy) is 1. The van der Waals surface area contributed by atoms with Gasteiger partial charge in [-0.1, -0.05) is 84.9 Å². The van der Waals surface area contributed by atoms with Crippen molar-refractivity contribution in [3.05, 3.63) is 153 Å². The van der Waals surface area contributed by atoms with Gasteiger partial charge in [0.25, 0.3) is 5.91 Å². The van der Waals surface area contributed by atoms with Crippen molar-refractivity contribution in [2.75, 3.05) is 6.54 Å². The van der Waals surface area contributed by atoms with Crippen LogP contribution in [0.3, 0.4) is 0 Å². The van der Waals surface area contributed by atoms with Crippen LogP contribution in [0.5, 0.6) is 5.75 Å². The number of rotatable bonds is 10. The molecule has 230 valence electrons. The molecule has 1 amide bonds. The highest BCUT2D eigenvalue weighted by Gasteiger charge is 2.30. The van der Waals surface area contributed by atoms with Gasteiger partial charge in [-0.15, -0.1) is 11.3 Å². The van der Waals surface area contributed by atoms with Gasteiger partial charge in [0.15, 0.2) is 0 Å². The summed E-state index contributed by atoms with van der Waals surface area (Å²) >= 11 is 1.39. The number of halogens is 3. The maximum Gasteiger partial charge on any atom is 0.416 e. The van der Waals surface area contributed by atoms with Gasteiger partial charge in [-0.25, -0.2) is 4.98 Å². The van der Waals surface area contributed by atoms with E-state index in [2.05, 4.69) is 17.1 Å². The molecule has 45 heavy (non-hydrogen) atoms. The fourth-order valence-corrected chi connectivity index (χ4v) is 6.28. The first-order valence-electron chi connectivity index (χ1n) is 14.7. The van der Waals surface area contributed by atoms with Gasteiger partial charge in [-0.2, -0.15) is 13.2 Å². The fourth-order valence-electron chi connectivity index (χ4n) is 5.47. The van der Waals surface area contributed by atoms with E-state index in [-0.39, 0.29) is 12.5 Å². The lowest BCUT2D eigenvalue weighted by Crippen LogP contribution is -2.36. The molecule has 0 saturated heterocycles. The number of fused-ring (bicyclic) bond motifs is 1. The van der Waals surface area contributed by atoms with Crippen LogP contribution in [0.2, 0.25) is 0 Å². The molecule has 2 heterocycles. The van der Waals surface area contributed by atoms with Crippen LogP contribution < -0.4 is 4.74 Å². The predicted molar refractivity (Wildman–Crippen MR) is 169 cm³/mol. The van der Waals surface area contributed by atoms with Crippen LogP contribution in [0.25, 0.3) is 0 Å². The van der Waals surface area contributed by atoms with E-state index in [0.717, 1.165) is 39.9 Å². The molecular weight excluding hydrogens is 595 g/mol. The molecule has 1 aliphatic rings. The summed E-state index contributed by atoms with van der Waals surface area (Å²) in [6.07, 6.45) is -3.62. The predicted octanol–water partition coefficient (Wildman–Crippen LogP) is 8.14. The van der Waals surface area contributed by atoms with Crippen molar-refractivity contribution >= 4 is 17.2 Å². The number of nitrogens with zero attached hydrogens (tertiary/aromatic N) is 3. The van der Waals surface area contributed by atoms with Crippen LogP contribution in [-0.2, 0) is 45.4 Å². The minimum atomic E-state index is -4.42. The number of alkyl halides is 3. The highest BCUT2D eigenvalue weighted by molar-refractivity contribution is 7.09. The molecule has 6 rings (SSSR count). The van der Waals surface area contributed by atoms with E-state index in [0.29, 0.717) is 44.0 Å². The Hall–Kier alpha value is -4.47. The first-order valence-corrected chi connectivity index (χ1v) is 15.6. The Kier molecular flexibility index (Phi) is 9.28. The van der Waals surface area contributed by atoms with Gasteiger partial charge in [-0.05, 0) is 52.4 Å².